The Kier molecular flexibility index (Phi) is 8.30. The first-order chi connectivity index (χ1) is 9.16. The minimum absolute atomic E-state index is 0. The summed E-state index contributed by atoms with van der Waals surface area (Å²) in [6.07, 6.45) is 4.36. The average molecular weight is 321 g/mol. The van der Waals surface area contributed by atoms with E-state index in [9.17, 15) is 4.79 Å². The molecular formula is C15H29ClN2OS. The van der Waals surface area contributed by atoms with E-state index >= 15 is 0 Å². The van der Waals surface area contributed by atoms with Gasteiger partial charge in [0.25, 0.3) is 0 Å². The molecule has 2 saturated heterocycles. The Hall–Kier alpha value is 0.0700. The molecule has 2 rings (SSSR count). The Bertz CT molecular complexity index is 296. The molecule has 0 aliphatic carbocycles. The minimum atomic E-state index is 0. The number of carbonyl (C=O) groups is 1. The Labute approximate surface area is 134 Å². The fourth-order valence-electron chi connectivity index (χ4n) is 3.13. The van der Waals surface area contributed by atoms with Crippen molar-refractivity contribution in [3.05, 3.63) is 0 Å². The van der Waals surface area contributed by atoms with Gasteiger partial charge in [0.1, 0.15) is 0 Å². The van der Waals surface area contributed by atoms with E-state index in [2.05, 4.69) is 24.1 Å². The number of hydrogen-bond donors (Lipinski definition) is 1. The number of likely N-dealkylation sites (tertiary alicyclic amines) is 1. The van der Waals surface area contributed by atoms with Crippen molar-refractivity contribution >= 4 is 30.1 Å². The lowest BCUT2D eigenvalue weighted by atomic mass is 9.89. The predicted octanol–water partition coefficient (Wildman–Crippen LogP) is 2.79. The summed E-state index contributed by atoms with van der Waals surface area (Å²) in [5, 5.41) is 3.46. The van der Waals surface area contributed by atoms with E-state index in [0.717, 1.165) is 37.2 Å². The predicted molar refractivity (Wildman–Crippen MR) is 89.7 cm³/mol. The van der Waals surface area contributed by atoms with Crippen LogP contribution in [0, 0.1) is 11.8 Å². The normalized spacial score (nSPS) is 27.9. The van der Waals surface area contributed by atoms with Crippen molar-refractivity contribution < 1.29 is 4.79 Å². The number of nitrogens with one attached hydrogen (secondary N) is 1. The number of thioether (sulfide) groups is 1. The van der Waals surface area contributed by atoms with Gasteiger partial charge in [-0.05, 0) is 31.1 Å². The van der Waals surface area contributed by atoms with Crippen LogP contribution in [0.2, 0.25) is 0 Å². The van der Waals surface area contributed by atoms with Gasteiger partial charge in [0, 0.05) is 43.6 Å². The van der Waals surface area contributed by atoms with Crippen LogP contribution in [0.25, 0.3) is 0 Å². The quantitative estimate of drug-likeness (QED) is 0.868. The van der Waals surface area contributed by atoms with E-state index in [1.165, 1.54) is 25.0 Å². The van der Waals surface area contributed by atoms with Crippen molar-refractivity contribution in [1.82, 2.24) is 10.2 Å². The smallest absolute Gasteiger partial charge is 0.224 e. The summed E-state index contributed by atoms with van der Waals surface area (Å²) < 4.78 is 0. The molecule has 0 aromatic rings. The summed E-state index contributed by atoms with van der Waals surface area (Å²) in [5.41, 5.74) is 0. The molecule has 2 fully saturated rings. The molecule has 2 aliphatic rings. The van der Waals surface area contributed by atoms with Crippen LogP contribution in [0.1, 0.15) is 39.5 Å². The first kappa shape index (κ1) is 18.1. The van der Waals surface area contributed by atoms with Gasteiger partial charge < -0.3 is 10.2 Å². The van der Waals surface area contributed by atoms with Crippen molar-refractivity contribution in [2.75, 3.05) is 31.1 Å². The van der Waals surface area contributed by atoms with Crippen LogP contribution in [-0.2, 0) is 4.79 Å². The summed E-state index contributed by atoms with van der Waals surface area (Å²) in [6, 6.07) is 0.399. The molecule has 5 heteroatoms. The third-order valence-electron chi connectivity index (χ3n) is 4.49. The molecule has 1 N–H and O–H groups in total. The number of halogens is 1. The first-order valence-electron chi connectivity index (χ1n) is 7.75. The molecule has 118 valence electrons. The van der Waals surface area contributed by atoms with Crippen LogP contribution in [0.5, 0.6) is 0 Å². The highest BCUT2D eigenvalue weighted by atomic mass is 35.5. The molecule has 1 amide bonds. The second-order valence-electron chi connectivity index (χ2n) is 6.25. The average Bonchev–Trinajstić information content (AvgIpc) is 2.65. The summed E-state index contributed by atoms with van der Waals surface area (Å²) in [6.45, 7) is 7.62. The summed E-state index contributed by atoms with van der Waals surface area (Å²) in [7, 11) is 0. The van der Waals surface area contributed by atoms with E-state index in [-0.39, 0.29) is 12.4 Å². The van der Waals surface area contributed by atoms with Crippen molar-refractivity contribution in [3.8, 4) is 0 Å². The van der Waals surface area contributed by atoms with Gasteiger partial charge >= 0.3 is 0 Å². The fraction of sp³-hybridized carbons (Fsp3) is 0.933. The van der Waals surface area contributed by atoms with Gasteiger partial charge in [0.15, 0.2) is 0 Å². The molecular weight excluding hydrogens is 292 g/mol. The number of hydrogen-bond acceptors (Lipinski definition) is 3. The molecule has 2 atom stereocenters. The molecule has 0 bridgehead atoms. The van der Waals surface area contributed by atoms with Crippen molar-refractivity contribution in [1.29, 1.82) is 0 Å². The molecule has 0 aromatic heterocycles. The maximum Gasteiger partial charge on any atom is 0.224 e. The summed E-state index contributed by atoms with van der Waals surface area (Å²) >= 11 is 1.97. The van der Waals surface area contributed by atoms with Crippen LogP contribution in [0.3, 0.4) is 0 Å². The van der Waals surface area contributed by atoms with Gasteiger partial charge in [-0.3, -0.25) is 4.79 Å². The Morgan fingerprint density at radius 1 is 1.35 bits per heavy atom. The van der Waals surface area contributed by atoms with E-state index in [1.807, 2.05) is 11.8 Å². The van der Waals surface area contributed by atoms with Gasteiger partial charge in [-0.2, -0.15) is 11.8 Å². The first-order valence-corrected chi connectivity index (χ1v) is 8.91. The third-order valence-corrected chi connectivity index (χ3v) is 5.62. The largest absolute Gasteiger partial charge is 0.343 e. The molecule has 3 nitrogen and oxygen atoms in total. The maximum absolute atomic E-state index is 12.4. The maximum atomic E-state index is 12.4. The number of nitrogens with zero attached hydrogens (tertiary/aromatic N) is 1. The van der Waals surface area contributed by atoms with Crippen molar-refractivity contribution in [2.45, 2.75) is 45.6 Å². The second kappa shape index (κ2) is 9.16. The standard InChI is InChI=1S/C15H28N2OS.ClH/c1-12(2)13-4-3-7-17(8-5-13)15(18)10-14-11-19-9-6-16-14;/h12-14,16H,3-11H2,1-2H3;1H. The third kappa shape index (κ3) is 5.45. The molecule has 0 aromatic carbocycles. The van der Waals surface area contributed by atoms with E-state index in [4.69, 9.17) is 0 Å². The van der Waals surface area contributed by atoms with Crippen LogP contribution in [-0.4, -0.2) is 48.0 Å². The highest BCUT2D eigenvalue weighted by molar-refractivity contribution is 7.99. The lowest BCUT2D eigenvalue weighted by Gasteiger charge is -2.27. The number of amides is 1. The van der Waals surface area contributed by atoms with Gasteiger partial charge in [-0.1, -0.05) is 13.8 Å². The lowest BCUT2D eigenvalue weighted by molar-refractivity contribution is -0.131. The second-order valence-corrected chi connectivity index (χ2v) is 7.40. The Morgan fingerprint density at radius 3 is 2.80 bits per heavy atom. The van der Waals surface area contributed by atoms with E-state index in [0.29, 0.717) is 18.4 Å². The fourth-order valence-corrected chi connectivity index (χ4v) is 4.08. The van der Waals surface area contributed by atoms with Gasteiger partial charge in [0.05, 0.1) is 0 Å². The number of rotatable bonds is 3. The molecule has 2 heterocycles. The lowest BCUT2D eigenvalue weighted by Crippen LogP contribution is -2.43. The van der Waals surface area contributed by atoms with Gasteiger partial charge in [-0.25, -0.2) is 0 Å². The molecule has 0 radical (unpaired) electrons. The monoisotopic (exact) mass is 320 g/mol. The van der Waals surface area contributed by atoms with Gasteiger partial charge in [-0.15, -0.1) is 12.4 Å². The Balaban J connectivity index is 0.00000200. The molecule has 2 unspecified atom stereocenters. The SMILES string of the molecule is CC(C)C1CCCN(C(=O)CC2CSCCN2)CC1.Cl. The molecule has 0 spiro atoms. The zero-order valence-corrected chi connectivity index (χ0v) is 14.4. The molecule has 0 saturated carbocycles. The van der Waals surface area contributed by atoms with Crippen molar-refractivity contribution in [2.24, 2.45) is 11.8 Å². The zero-order chi connectivity index (χ0) is 13.7. The van der Waals surface area contributed by atoms with E-state index in [1.54, 1.807) is 0 Å². The van der Waals surface area contributed by atoms with Crippen molar-refractivity contribution in [3.63, 3.8) is 0 Å². The van der Waals surface area contributed by atoms with Crippen LogP contribution in [0.15, 0.2) is 0 Å². The van der Waals surface area contributed by atoms with Crippen LogP contribution < -0.4 is 5.32 Å². The Morgan fingerprint density at radius 2 is 2.15 bits per heavy atom. The van der Waals surface area contributed by atoms with Gasteiger partial charge in [0.2, 0.25) is 5.91 Å². The zero-order valence-electron chi connectivity index (χ0n) is 12.8. The molecule has 2 aliphatic heterocycles. The summed E-state index contributed by atoms with van der Waals surface area (Å²) in [4.78, 5) is 14.5. The highest BCUT2D eigenvalue weighted by Gasteiger charge is 2.24. The van der Waals surface area contributed by atoms with Crippen LogP contribution in [0.4, 0.5) is 0 Å². The highest BCUT2D eigenvalue weighted by Crippen LogP contribution is 2.25. The minimum Gasteiger partial charge on any atom is -0.343 e. The summed E-state index contributed by atoms with van der Waals surface area (Å²) in [5.74, 6) is 4.20. The van der Waals surface area contributed by atoms with E-state index < -0.39 is 0 Å². The van der Waals surface area contributed by atoms with Crippen LogP contribution >= 0.6 is 24.2 Å². The number of carbonyl (C=O) groups excluding carboxylic acids is 1. The molecule has 20 heavy (non-hydrogen) atoms. The topological polar surface area (TPSA) is 32.3 Å².